The molecule has 0 aromatic heterocycles. The topological polar surface area (TPSA) is 75.3 Å². The van der Waals surface area contributed by atoms with Gasteiger partial charge in [-0.1, -0.05) is 17.7 Å². The molecule has 4 nitrogen and oxygen atoms in total. The summed E-state index contributed by atoms with van der Waals surface area (Å²) < 4.78 is 0. The molecule has 0 spiro atoms. The number of anilines is 3. The van der Waals surface area contributed by atoms with Crippen molar-refractivity contribution in [2.24, 2.45) is 0 Å². The number of hydrogen-bond donors (Lipinski definition) is 3. The van der Waals surface area contributed by atoms with Crippen LogP contribution in [0.1, 0.15) is 15.9 Å². The minimum absolute atomic E-state index is 0.0911. The number of halogens is 1. The Morgan fingerprint density at radius 2 is 2.05 bits per heavy atom. The van der Waals surface area contributed by atoms with E-state index >= 15 is 0 Å². The molecule has 0 unspecified atom stereocenters. The SMILES string of the molecule is Cc1c(Cl)cccc1Nc1ccc(C(=O)O)c(N)c1. The molecule has 0 radical (unpaired) electrons. The van der Waals surface area contributed by atoms with Gasteiger partial charge in [-0.3, -0.25) is 0 Å². The highest BCUT2D eigenvalue weighted by Gasteiger charge is 2.09. The van der Waals surface area contributed by atoms with Crippen LogP contribution in [-0.2, 0) is 0 Å². The first-order valence-corrected chi connectivity index (χ1v) is 6.02. The molecular weight excluding hydrogens is 264 g/mol. The minimum atomic E-state index is -1.04. The predicted molar refractivity (Wildman–Crippen MR) is 77.3 cm³/mol. The molecule has 0 aliphatic rings. The summed E-state index contributed by atoms with van der Waals surface area (Å²) in [5.41, 5.74) is 8.50. The number of rotatable bonds is 3. The van der Waals surface area contributed by atoms with Gasteiger partial charge in [0.25, 0.3) is 0 Å². The van der Waals surface area contributed by atoms with Gasteiger partial charge in [0.05, 0.1) is 5.56 Å². The zero-order chi connectivity index (χ0) is 14.0. The van der Waals surface area contributed by atoms with Crippen LogP contribution in [0, 0.1) is 6.92 Å². The molecule has 0 amide bonds. The fourth-order valence-electron chi connectivity index (χ4n) is 1.73. The second-order valence-electron chi connectivity index (χ2n) is 4.14. The van der Waals surface area contributed by atoms with Gasteiger partial charge in [0.1, 0.15) is 0 Å². The first-order valence-electron chi connectivity index (χ1n) is 5.64. The van der Waals surface area contributed by atoms with Crippen LogP contribution in [0.15, 0.2) is 36.4 Å². The minimum Gasteiger partial charge on any atom is -0.478 e. The normalized spacial score (nSPS) is 10.2. The van der Waals surface area contributed by atoms with Crippen molar-refractivity contribution in [1.82, 2.24) is 0 Å². The van der Waals surface area contributed by atoms with Gasteiger partial charge in [-0.25, -0.2) is 4.79 Å². The lowest BCUT2D eigenvalue weighted by Gasteiger charge is -2.11. The third kappa shape index (κ3) is 2.80. The Kier molecular flexibility index (Phi) is 3.62. The van der Waals surface area contributed by atoms with Crippen LogP contribution >= 0.6 is 11.6 Å². The van der Waals surface area contributed by atoms with Crippen molar-refractivity contribution in [2.75, 3.05) is 11.1 Å². The van der Waals surface area contributed by atoms with E-state index in [0.717, 1.165) is 11.3 Å². The fourth-order valence-corrected chi connectivity index (χ4v) is 1.91. The molecule has 2 aromatic rings. The van der Waals surface area contributed by atoms with Crippen LogP contribution in [-0.4, -0.2) is 11.1 Å². The van der Waals surface area contributed by atoms with Gasteiger partial charge in [0.2, 0.25) is 0 Å². The molecule has 0 aliphatic carbocycles. The maximum atomic E-state index is 10.9. The first kappa shape index (κ1) is 13.2. The van der Waals surface area contributed by atoms with Crippen LogP contribution in [0.2, 0.25) is 5.02 Å². The monoisotopic (exact) mass is 276 g/mol. The molecule has 98 valence electrons. The van der Waals surface area contributed by atoms with Crippen molar-refractivity contribution in [3.05, 3.63) is 52.5 Å². The first-order chi connectivity index (χ1) is 8.99. The van der Waals surface area contributed by atoms with E-state index < -0.39 is 5.97 Å². The third-order valence-corrected chi connectivity index (χ3v) is 3.24. The van der Waals surface area contributed by atoms with Gasteiger partial charge in [-0.05, 0) is 42.8 Å². The van der Waals surface area contributed by atoms with Crippen molar-refractivity contribution in [3.8, 4) is 0 Å². The highest BCUT2D eigenvalue weighted by molar-refractivity contribution is 6.31. The summed E-state index contributed by atoms with van der Waals surface area (Å²) in [7, 11) is 0. The molecule has 0 aliphatic heterocycles. The molecule has 0 saturated carbocycles. The van der Waals surface area contributed by atoms with E-state index in [1.54, 1.807) is 12.1 Å². The lowest BCUT2D eigenvalue weighted by atomic mass is 10.1. The molecule has 0 heterocycles. The van der Waals surface area contributed by atoms with E-state index in [-0.39, 0.29) is 11.3 Å². The van der Waals surface area contributed by atoms with E-state index in [0.29, 0.717) is 10.7 Å². The number of nitrogen functional groups attached to an aromatic ring is 1. The number of carbonyl (C=O) groups is 1. The van der Waals surface area contributed by atoms with Crippen molar-refractivity contribution in [3.63, 3.8) is 0 Å². The summed E-state index contributed by atoms with van der Waals surface area (Å²) in [6.07, 6.45) is 0. The molecule has 0 bridgehead atoms. The Morgan fingerprint density at radius 1 is 1.32 bits per heavy atom. The van der Waals surface area contributed by atoms with E-state index in [1.807, 2.05) is 25.1 Å². The summed E-state index contributed by atoms with van der Waals surface area (Å²) in [4.78, 5) is 10.9. The Balaban J connectivity index is 2.32. The second kappa shape index (κ2) is 5.20. The Labute approximate surface area is 115 Å². The van der Waals surface area contributed by atoms with Gasteiger partial charge in [0.15, 0.2) is 0 Å². The molecule has 2 rings (SSSR count). The van der Waals surface area contributed by atoms with Crippen LogP contribution in [0.3, 0.4) is 0 Å². The molecular formula is C14H13ClN2O2. The molecule has 5 heteroatoms. The van der Waals surface area contributed by atoms with Crippen molar-refractivity contribution in [2.45, 2.75) is 6.92 Å². The van der Waals surface area contributed by atoms with E-state index in [2.05, 4.69) is 5.32 Å². The van der Waals surface area contributed by atoms with E-state index in [9.17, 15) is 4.79 Å². The number of carboxylic acids is 1. The van der Waals surface area contributed by atoms with Gasteiger partial charge in [0, 0.05) is 22.1 Å². The van der Waals surface area contributed by atoms with Crippen molar-refractivity contribution < 1.29 is 9.90 Å². The average molecular weight is 277 g/mol. The van der Waals surface area contributed by atoms with E-state index in [1.165, 1.54) is 6.07 Å². The molecule has 19 heavy (non-hydrogen) atoms. The molecule has 4 N–H and O–H groups in total. The zero-order valence-electron chi connectivity index (χ0n) is 10.3. The Bertz CT molecular complexity index is 641. The quantitative estimate of drug-likeness (QED) is 0.748. The summed E-state index contributed by atoms with van der Waals surface area (Å²) >= 11 is 6.04. The van der Waals surface area contributed by atoms with Gasteiger partial charge in [-0.15, -0.1) is 0 Å². The lowest BCUT2D eigenvalue weighted by molar-refractivity contribution is 0.0698. The highest BCUT2D eigenvalue weighted by Crippen LogP contribution is 2.27. The second-order valence-corrected chi connectivity index (χ2v) is 4.55. The van der Waals surface area contributed by atoms with Gasteiger partial charge >= 0.3 is 5.97 Å². The number of hydrogen-bond acceptors (Lipinski definition) is 3. The lowest BCUT2D eigenvalue weighted by Crippen LogP contribution is -2.03. The summed E-state index contributed by atoms with van der Waals surface area (Å²) in [6.45, 7) is 1.90. The highest BCUT2D eigenvalue weighted by atomic mass is 35.5. The largest absolute Gasteiger partial charge is 0.478 e. The summed E-state index contributed by atoms with van der Waals surface area (Å²) in [5, 5.41) is 12.7. The zero-order valence-corrected chi connectivity index (χ0v) is 11.0. The number of nitrogens with one attached hydrogen (secondary N) is 1. The Hall–Kier alpha value is -2.20. The third-order valence-electron chi connectivity index (χ3n) is 2.83. The van der Waals surface area contributed by atoms with E-state index in [4.69, 9.17) is 22.4 Å². The average Bonchev–Trinajstić information content (AvgIpc) is 2.34. The molecule has 0 atom stereocenters. The van der Waals surface area contributed by atoms with Crippen LogP contribution in [0.4, 0.5) is 17.1 Å². The van der Waals surface area contributed by atoms with Crippen LogP contribution < -0.4 is 11.1 Å². The number of nitrogens with two attached hydrogens (primary N) is 1. The van der Waals surface area contributed by atoms with Gasteiger partial charge in [-0.2, -0.15) is 0 Å². The van der Waals surface area contributed by atoms with Gasteiger partial charge < -0.3 is 16.2 Å². The maximum Gasteiger partial charge on any atom is 0.337 e. The smallest absolute Gasteiger partial charge is 0.337 e. The summed E-state index contributed by atoms with van der Waals surface area (Å²) in [5.74, 6) is -1.04. The number of aromatic carboxylic acids is 1. The van der Waals surface area contributed by atoms with Crippen LogP contribution in [0.25, 0.3) is 0 Å². The van der Waals surface area contributed by atoms with Crippen molar-refractivity contribution >= 4 is 34.6 Å². The molecule has 0 saturated heterocycles. The summed E-state index contributed by atoms with van der Waals surface area (Å²) in [6, 6.07) is 10.3. The van der Waals surface area contributed by atoms with Crippen LogP contribution in [0.5, 0.6) is 0 Å². The maximum absolute atomic E-state index is 10.9. The Morgan fingerprint density at radius 3 is 2.68 bits per heavy atom. The van der Waals surface area contributed by atoms with Crippen molar-refractivity contribution in [1.29, 1.82) is 0 Å². The predicted octanol–water partition coefficient (Wildman–Crippen LogP) is 3.67. The number of carboxylic acid groups (broad SMARTS) is 1. The fraction of sp³-hybridized carbons (Fsp3) is 0.0714. The molecule has 2 aromatic carbocycles. The molecule has 0 fully saturated rings. The number of benzene rings is 2. The standard InChI is InChI=1S/C14H13ClN2O2/c1-8-11(15)3-2-4-13(8)17-9-5-6-10(14(18)19)12(16)7-9/h2-7,17H,16H2,1H3,(H,18,19).